The monoisotopic (exact) mass is 290 g/mol. The van der Waals surface area contributed by atoms with E-state index in [4.69, 9.17) is 4.74 Å². The summed E-state index contributed by atoms with van der Waals surface area (Å²) in [6.45, 7) is 4.46. The number of rotatable bonds is 7. The lowest BCUT2D eigenvalue weighted by molar-refractivity contribution is -0.484. The van der Waals surface area contributed by atoms with Crippen LogP contribution in [0.5, 0.6) is 0 Å². The number of thioether (sulfide) groups is 1. The van der Waals surface area contributed by atoms with E-state index in [-0.39, 0.29) is 0 Å². The minimum Gasteiger partial charge on any atom is -0.381 e. The number of hydrazone groups is 1. The van der Waals surface area contributed by atoms with Crippen molar-refractivity contribution in [2.75, 3.05) is 46.2 Å². The van der Waals surface area contributed by atoms with Crippen molar-refractivity contribution in [3.05, 3.63) is 10.1 Å². The highest BCUT2D eigenvalue weighted by Gasteiger charge is 2.17. The summed E-state index contributed by atoms with van der Waals surface area (Å²) in [5.41, 5.74) is 0. The Kier molecular flexibility index (Phi) is 7.76. The normalized spacial score (nSPS) is 19.9. The number of nitrogens with one attached hydrogen (secondary N) is 1. The van der Waals surface area contributed by atoms with Crippen molar-refractivity contribution in [1.82, 2.24) is 10.2 Å². The Morgan fingerprint density at radius 3 is 3.05 bits per heavy atom. The van der Waals surface area contributed by atoms with Crippen LogP contribution in [-0.4, -0.2) is 61.3 Å². The van der Waals surface area contributed by atoms with Gasteiger partial charge in [0.25, 0.3) is 0 Å². The van der Waals surface area contributed by atoms with Crippen molar-refractivity contribution in [2.24, 2.45) is 11.0 Å². The molecule has 0 aromatic carbocycles. The molecular weight excluding hydrogens is 268 g/mol. The van der Waals surface area contributed by atoms with Crippen molar-refractivity contribution in [3.8, 4) is 0 Å². The van der Waals surface area contributed by atoms with Crippen LogP contribution in [0.3, 0.4) is 0 Å². The summed E-state index contributed by atoms with van der Waals surface area (Å²) in [4.78, 5) is 12.5. The van der Waals surface area contributed by atoms with Crippen LogP contribution in [0.2, 0.25) is 0 Å². The zero-order valence-electron chi connectivity index (χ0n) is 11.5. The van der Waals surface area contributed by atoms with E-state index in [1.165, 1.54) is 11.8 Å². The molecule has 0 aromatic rings. The first-order valence-corrected chi connectivity index (χ1v) is 7.61. The lowest BCUT2D eigenvalue weighted by atomic mass is 10.1. The fraction of sp³-hybridized carbons (Fsp3) is 0.909. The first kappa shape index (κ1) is 16.2. The van der Waals surface area contributed by atoms with Crippen LogP contribution in [0.1, 0.15) is 12.8 Å². The molecule has 1 aliphatic heterocycles. The Labute approximate surface area is 117 Å². The molecule has 1 aliphatic rings. The average molecular weight is 290 g/mol. The van der Waals surface area contributed by atoms with Crippen LogP contribution in [0.15, 0.2) is 5.10 Å². The Balaban J connectivity index is 2.10. The Bertz CT molecular complexity index is 308. The first-order valence-electron chi connectivity index (χ1n) is 6.39. The van der Waals surface area contributed by atoms with Crippen molar-refractivity contribution >= 4 is 16.9 Å². The van der Waals surface area contributed by atoms with Crippen molar-refractivity contribution < 1.29 is 9.77 Å². The molecule has 0 bridgehead atoms. The molecule has 1 rings (SSSR count). The molecule has 1 heterocycles. The van der Waals surface area contributed by atoms with Gasteiger partial charge in [0.15, 0.2) is 5.03 Å². The molecule has 19 heavy (non-hydrogen) atoms. The highest BCUT2D eigenvalue weighted by atomic mass is 32.2. The molecule has 0 spiro atoms. The minimum absolute atomic E-state index is 0.358. The summed E-state index contributed by atoms with van der Waals surface area (Å²) in [7, 11) is 2.10. The highest BCUT2D eigenvalue weighted by Crippen LogP contribution is 2.13. The molecule has 0 radical (unpaired) electrons. The van der Waals surface area contributed by atoms with Gasteiger partial charge in [-0.05, 0) is 38.6 Å². The van der Waals surface area contributed by atoms with E-state index in [0.29, 0.717) is 17.6 Å². The van der Waals surface area contributed by atoms with Gasteiger partial charge in [0, 0.05) is 19.7 Å². The number of ether oxygens (including phenoxy) is 1. The third kappa shape index (κ3) is 7.34. The third-order valence-corrected chi connectivity index (χ3v) is 3.57. The molecule has 0 aliphatic carbocycles. The van der Waals surface area contributed by atoms with Crippen molar-refractivity contribution in [1.29, 1.82) is 0 Å². The summed E-state index contributed by atoms with van der Waals surface area (Å²) in [5.74, 6) is 0.649. The zero-order valence-corrected chi connectivity index (χ0v) is 12.3. The lowest BCUT2D eigenvalue weighted by Crippen LogP contribution is -2.30. The predicted octanol–water partition coefficient (Wildman–Crippen LogP) is 0.845. The number of hydrogen-bond acceptors (Lipinski definition) is 5. The average Bonchev–Trinajstić information content (AvgIpc) is 2.85. The SMILES string of the molecule is CSC(=N[N+](=O)[O-])NCCCN(C)CC1CCOC1. The Morgan fingerprint density at radius 1 is 1.68 bits per heavy atom. The van der Waals surface area contributed by atoms with Gasteiger partial charge in [-0.15, -0.1) is 0 Å². The maximum absolute atomic E-state index is 10.2. The number of hydrogen-bond donors (Lipinski definition) is 1. The van der Waals surface area contributed by atoms with Gasteiger partial charge >= 0.3 is 0 Å². The van der Waals surface area contributed by atoms with Gasteiger partial charge in [-0.2, -0.15) is 0 Å². The number of nitro groups is 1. The second-order valence-corrected chi connectivity index (χ2v) is 5.41. The number of nitrogens with zero attached hydrogens (tertiary/aromatic N) is 3. The maximum Gasteiger partial charge on any atom is 0.234 e. The lowest BCUT2D eigenvalue weighted by Gasteiger charge is -2.19. The van der Waals surface area contributed by atoms with Gasteiger partial charge in [0.1, 0.15) is 0 Å². The van der Waals surface area contributed by atoms with E-state index < -0.39 is 5.03 Å². The van der Waals surface area contributed by atoms with E-state index in [9.17, 15) is 10.1 Å². The van der Waals surface area contributed by atoms with Gasteiger partial charge in [-0.1, -0.05) is 11.8 Å². The van der Waals surface area contributed by atoms with Crippen LogP contribution in [-0.2, 0) is 4.74 Å². The fourth-order valence-corrected chi connectivity index (χ4v) is 2.42. The van der Waals surface area contributed by atoms with E-state index in [1.54, 1.807) is 6.26 Å². The van der Waals surface area contributed by atoms with Crippen LogP contribution < -0.4 is 5.32 Å². The summed E-state index contributed by atoms with van der Waals surface area (Å²) >= 11 is 1.25. The molecule has 1 N–H and O–H groups in total. The topological polar surface area (TPSA) is 80.0 Å². The van der Waals surface area contributed by atoms with E-state index >= 15 is 0 Å². The third-order valence-electron chi connectivity index (χ3n) is 2.95. The summed E-state index contributed by atoms with van der Waals surface area (Å²) in [6.07, 6.45) is 3.84. The van der Waals surface area contributed by atoms with Crippen LogP contribution in [0.25, 0.3) is 0 Å². The first-order chi connectivity index (χ1) is 9.11. The van der Waals surface area contributed by atoms with Crippen LogP contribution in [0, 0.1) is 16.0 Å². The molecule has 1 unspecified atom stereocenters. The molecule has 0 saturated carbocycles. The van der Waals surface area contributed by atoms with E-state index in [0.717, 1.165) is 39.1 Å². The molecule has 0 aromatic heterocycles. The molecule has 7 nitrogen and oxygen atoms in total. The van der Waals surface area contributed by atoms with Crippen LogP contribution >= 0.6 is 11.8 Å². The van der Waals surface area contributed by atoms with Gasteiger partial charge in [-0.3, -0.25) is 0 Å². The summed E-state index contributed by atoms with van der Waals surface area (Å²) in [5, 5.41) is 16.2. The molecule has 1 atom stereocenters. The molecule has 8 heteroatoms. The quantitative estimate of drug-likeness (QED) is 0.246. The zero-order chi connectivity index (χ0) is 14.1. The predicted molar refractivity (Wildman–Crippen MR) is 77.0 cm³/mol. The van der Waals surface area contributed by atoms with Gasteiger partial charge in [0.05, 0.1) is 11.7 Å². The second-order valence-electron chi connectivity index (χ2n) is 4.62. The minimum atomic E-state index is -0.676. The molecule has 110 valence electrons. The largest absolute Gasteiger partial charge is 0.381 e. The van der Waals surface area contributed by atoms with Crippen molar-refractivity contribution in [3.63, 3.8) is 0 Å². The van der Waals surface area contributed by atoms with Gasteiger partial charge in [0.2, 0.25) is 5.17 Å². The fourth-order valence-electron chi connectivity index (χ4n) is 2.03. The Morgan fingerprint density at radius 2 is 2.47 bits per heavy atom. The smallest absolute Gasteiger partial charge is 0.234 e. The Hall–Kier alpha value is -0.860. The van der Waals surface area contributed by atoms with Crippen LogP contribution in [0.4, 0.5) is 0 Å². The van der Waals surface area contributed by atoms with E-state index in [2.05, 4.69) is 22.4 Å². The summed E-state index contributed by atoms with van der Waals surface area (Å²) in [6, 6.07) is 0. The number of amidine groups is 1. The van der Waals surface area contributed by atoms with E-state index in [1.807, 2.05) is 0 Å². The molecule has 0 amide bonds. The molecule has 1 fully saturated rings. The van der Waals surface area contributed by atoms with Gasteiger partial charge in [-0.25, -0.2) is 10.1 Å². The van der Waals surface area contributed by atoms with Crippen molar-refractivity contribution in [2.45, 2.75) is 12.8 Å². The van der Waals surface area contributed by atoms with Gasteiger partial charge < -0.3 is 15.0 Å². The second kappa shape index (κ2) is 9.11. The molecular formula is C11H22N4O3S. The standard InChI is InChI=1S/C11H22N4O3S/c1-14(8-10-4-7-18-9-10)6-3-5-12-11(19-2)13-15(16)17/h10H,3-9H2,1-2H3,(H,12,13). The molecule has 1 saturated heterocycles. The summed E-state index contributed by atoms with van der Waals surface area (Å²) < 4.78 is 5.35. The maximum atomic E-state index is 10.2. The highest BCUT2D eigenvalue weighted by molar-refractivity contribution is 8.13.